The number of amides is 1. The Bertz CT molecular complexity index is 1070. The molecule has 6 nitrogen and oxygen atoms in total. The van der Waals surface area contributed by atoms with Crippen LogP contribution in [0.4, 0.5) is 5.69 Å². The zero-order valence-electron chi connectivity index (χ0n) is 17.1. The Labute approximate surface area is 185 Å². The van der Waals surface area contributed by atoms with E-state index < -0.39 is 0 Å². The van der Waals surface area contributed by atoms with Gasteiger partial charge in [0.25, 0.3) is 0 Å². The summed E-state index contributed by atoms with van der Waals surface area (Å²) in [5.74, 6) is 0.832. The van der Waals surface area contributed by atoms with Crippen molar-refractivity contribution in [3.05, 3.63) is 58.6 Å². The van der Waals surface area contributed by atoms with Crippen molar-refractivity contribution in [1.29, 1.82) is 5.26 Å². The predicted octanol–water partition coefficient (Wildman–Crippen LogP) is 4.79. The molecular formula is C22H22ClN5OS. The minimum absolute atomic E-state index is 0.0729. The Balaban J connectivity index is 1.75. The first-order chi connectivity index (χ1) is 14.4. The van der Waals surface area contributed by atoms with Gasteiger partial charge in [0.2, 0.25) is 5.91 Å². The number of carbonyl (C=O) groups excluding carboxylic acids is 1. The number of nitrogens with zero attached hydrogens (tertiary/aromatic N) is 5. The van der Waals surface area contributed by atoms with Gasteiger partial charge in [-0.25, -0.2) is 0 Å². The molecule has 0 N–H and O–H groups in total. The number of benzene rings is 2. The molecule has 0 saturated heterocycles. The highest BCUT2D eigenvalue weighted by Crippen LogP contribution is 2.25. The summed E-state index contributed by atoms with van der Waals surface area (Å²) in [6.45, 7) is 4.35. The third kappa shape index (κ3) is 5.21. The molecule has 0 unspecified atom stereocenters. The molecule has 3 aromatic rings. The number of thioether (sulfide) groups is 1. The van der Waals surface area contributed by atoms with E-state index >= 15 is 0 Å². The quantitative estimate of drug-likeness (QED) is 0.494. The Hall–Kier alpha value is -2.82. The highest BCUT2D eigenvalue weighted by molar-refractivity contribution is 7.99. The van der Waals surface area contributed by atoms with Crippen LogP contribution in [-0.2, 0) is 11.8 Å². The van der Waals surface area contributed by atoms with E-state index in [0.29, 0.717) is 22.5 Å². The molecule has 30 heavy (non-hydrogen) atoms. The average molecular weight is 440 g/mol. The molecular weight excluding hydrogens is 418 g/mol. The van der Waals surface area contributed by atoms with E-state index in [1.165, 1.54) is 11.8 Å². The Morgan fingerprint density at radius 2 is 1.83 bits per heavy atom. The van der Waals surface area contributed by atoms with E-state index in [1.54, 1.807) is 17.0 Å². The molecule has 0 aliphatic rings. The lowest BCUT2D eigenvalue weighted by atomic mass is 10.1. The normalized spacial score (nSPS) is 10.6. The van der Waals surface area contributed by atoms with Gasteiger partial charge in [0.15, 0.2) is 11.0 Å². The van der Waals surface area contributed by atoms with Crippen molar-refractivity contribution in [1.82, 2.24) is 14.8 Å². The number of hydrogen-bond acceptors (Lipinski definition) is 5. The maximum Gasteiger partial charge on any atom is 0.237 e. The average Bonchev–Trinajstić information content (AvgIpc) is 3.07. The van der Waals surface area contributed by atoms with Crippen molar-refractivity contribution < 1.29 is 4.79 Å². The molecule has 1 amide bonds. The second-order valence-electron chi connectivity index (χ2n) is 6.96. The SMILES string of the molecule is Cc1cc(C)cc(N(CCC#N)C(=O)CSc2nnc(-c3ccc(Cl)cc3)n2C)c1. The minimum Gasteiger partial charge on any atom is -0.311 e. The number of aromatic nitrogens is 3. The minimum atomic E-state index is -0.0729. The molecule has 0 aliphatic heterocycles. The first kappa shape index (κ1) is 21.9. The van der Waals surface area contributed by atoms with E-state index in [2.05, 4.69) is 22.3 Å². The van der Waals surface area contributed by atoms with Crippen LogP contribution in [-0.4, -0.2) is 33.0 Å². The molecule has 0 aliphatic carbocycles. The molecule has 2 aromatic carbocycles. The van der Waals surface area contributed by atoms with Gasteiger partial charge in [0.05, 0.1) is 18.2 Å². The Kier molecular flexibility index (Phi) is 7.14. The van der Waals surface area contributed by atoms with E-state index in [0.717, 1.165) is 22.4 Å². The summed E-state index contributed by atoms with van der Waals surface area (Å²) in [7, 11) is 1.87. The van der Waals surface area contributed by atoms with Gasteiger partial charge in [-0.15, -0.1) is 10.2 Å². The highest BCUT2D eigenvalue weighted by atomic mass is 35.5. The predicted molar refractivity (Wildman–Crippen MR) is 121 cm³/mol. The van der Waals surface area contributed by atoms with Gasteiger partial charge < -0.3 is 9.47 Å². The van der Waals surface area contributed by atoms with E-state index in [1.807, 2.05) is 49.7 Å². The number of halogens is 1. The lowest BCUT2D eigenvalue weighted by molar-refractivity contribution is -0.116. The van der Waals surface area contributed by atoms with E-state index in [-0.39, 0.29) is 18.1 Å². The molecule has 0 atom stereocenters. The molecule has 8 heteroatoms. The number of nitriles is 1. The fraction of sp³-hybridized carbons (Fsp3) is 0.273. The highest BCUT2D eigenvalue weighted by Gasteiger charge is 2.19. The maximum absolute atomic E-state index is 13.0. The van der Waals surface area contributed by atoms with Crippen molar-refractivity contribution in [2.75, 3.05) is 17.2 Å². The monoisotopic (exact) mass is 439 g/mol. The summed E-state index contributed by atoms with van der Waals surface area (Å²) in [6, 6.07) is 15.5. The van der Waals surface area contributed by atoms with Crippen molar-refractivity contribution in [2.45, 2.75) is 25.4 Å². The van der Waals surface area contributed by atoms with Crippen LogP contribution in [0, 0.1) is 25.2 Å². The molecule has 154 valence electrons. The zero-order valence-corrected chi connectivity index (χ0v) is 18.7. The van der Waals surface area contributed by atoms with Gasteiger partial charge in [0.1, 0.15) is 0 Å². The second-order valence-corrected chi connectivity index (χ2v) is 8.34. The van der Waals surface area contributed by atoms with Crippen LogP contribution in [0.3, 0.4) is 0 Å². The van der Waals surface area contributed by atoms with E-state index in [4.69, 9.17) is 16.9 Å². The topological polar surface area (TPSA) is 74.8 Å². The van der Waals surface area contributed by atoms with Gasteiger partial charge in [-0.2, -0.15) is 5.26 Å². The summed E-state index contributed by atoms with van der Waals surface area (Å²) < 4.78 is 1.86. The smallest absolute Gasteiger partial charge is 0.237 e. The lowest BCUT2D eigenvalue weighted by Gasteiger charge is -2.22. The van der Waals surface area contributed by atoms with Crippen LogP contribution in [0.15, 0.2) is 47.6 Å². The molecule has 1 heterocycles. The summed E-state index contributed by atoms with van der Waals surface area (Å²) >= 11 is 7.28. The summed E-state index contributed by atoms with van der Waals surface area (Å²) in [4.78, 5) is 14.7. The number of anilines is 1. The summed E-state index contributed by atoms with van der Waals surface area (Å²) in [6.07, 6.45) is 0.272. The standard InChI is InChI=1S/C22H22ClN5OS/c1-15-11-16(2)13-19(12-15)28(10-4-9-24)20(29)14-30-22-26-25-21(27(22)3)17-5-7-18(23)8-6-17/h5-8,11-13H,4,10,14H2,1-3H3. The maximum atomic E-state index is 13.0. The zero-order chi connectivity index (χ0) is 21.7. The Morgan fingerprint density at radius 1 is 1.17 bits per heavy atom. The fourth-order valence-electron chi connectivity index (χ4n) is 3.16. The number of hydrogen-bond donors (Lipinski definition) is 0. The Morgan fingerprint density at radius 3 is 2.47 bits per heavy atom. The molecule has 0 saturated carbocycles. The molecule has 0 radical (unpaired) electrons. The third-order valence-electron chi connectivity index (χ3n) is 4.53. The number of aryl methyl sites for hydroxylation is 2. The first-order valence-corrected chi connectivity index (χ1v) is 10.8. The fourth-order valence-corrected chi connectivity index (χ4v) is 4.07. The molecule has 0 spiro atoms. The van der Waals surface area contributed by atoms with Crippen molar-refractivity contribution in [3.8, 4) is 17.5 Å². The van der Waals surface area contributed by atoms with Gasteiger partial charge in [0, 0.05) is 29.9 Å². The largest absolute Gasteiger partial charge is 0.311 e. The van der Waals surface area contributed by atoms with Gasteiger partial charge in [-0.05, 0) is 61.4 Å². The van der Waals surface area contributed by atoms with Gasteiger partial charge >= 0.3 is 0 Å². The third-order valence-corrected chi connectivity index (χ3v) is 5.79. The van der Waals surface area contributed by atoms with Crippen LogP contribution in [0.1, 0.15) is 17.5 Å². The first-order valence-electron chi connectivity index (χ1n) is 9.43. The van der Waals surface area contributed by atoms with Crippen molar-refractivity contribution in [3.63, 3.8) is 0 Å². The van der Waals surface area contributed by atoms with Crippen LogP contribution < -0.4 is 4.90 Å². The second kappa shape index (κ2) is 9.79. The van der Waals surface area contributed by atoms with Crippen molar-refractivity contribution in [2.24, 2.45) is 7.05 Å². The summed E-state index contributed by atoms with van der Waals surface area (Å²) in [5, 5.41) is 18.8. The van der Waals surface area contributed by atoms with Crippen LogP contribution in [0.25, 0.3) is 11.4 Å². The van der Waals surface area contributed by atoms with Crippen molar-refractivity contribution >= 4 is 35.0 Å². The van der Waals surface area contributed by atoms with Crippen LogP contribution in [0.5, 0.6) is 0 Å². The van der Waals surface area contributed by atoms with E-state index in [9.17, 15) is 4.79 Å². The van der Waals surface area contributed by atoms with Gasteiger partial charge in [-0.3, -0.25) is 4.79 Å². The van der Waals surface area contributed by atoms with Crippen LogP contribution in [0.2, 0.25) is 5.02 Å². The molecule has 0 fully saturated rings. The lowest BCUT2D eigenvalue weighted by Crippen LogP contribution is -2.33. The molecule has 3 rings (SSSR count). The molecule has 0 bridgehead atoms. The van der Waals surface area contributed by atoms with Crippen LogP contribution >= 0.6 is 23.4 Å². The molecule has 1 aromatic heterocycles. The number of carbonyl (C=O) groups is 1. The van der Waals surface area contributed by atoms with Gasteiger partial charge in [-0.1, -0.05) is 29.4 Å². The summed E-state index contributed by atoms with van der Waals surface area (Å²) in [5.41, 5.74) is 3.87. The number of rotatable bonds is 7.